The lowest BCUT2D eigenvalue weighted by atomic mass is 10.0. The van der Waals surface area contributed by atoms with Crippen molar-refractivity contribution < 1.29 is 0 Å². The summed E-state index contributed by atoms with van der Waals surface area (Å²) >= 11 is 0. The Morgan fingerprint density at radius 3 is 2.10 bits per heavy atom. The van der Waals surface area contributed by atoms with Crippen molar-refractivity contribution in [3.05, 3.63) is 54.6 Å². The molecular formula is C18H22N2. The van der Waals surface area contributed by atoms with Gasteiger partial charge in [0.15, 0.2) is 0 Å². The molecule has 0 bridgehead atoms. The fourth-order valence-corrected chi connectivity index (χ4v) is 2.67. The van der Waals surface area contributed by atoms with Crippen molar-refractivity contribution in [3.63, 3.8) is 0 Å². The van der Waals surface area contributed by atoms with E-state index >= 15 is 0 Å². The van der Waals surface area contributed by atoms with Crippen LogP contribution in [0.25, 0.3) is 11.1 Å². The summed E-state index contributed by atoms with van der Waals surface area (Å²) in [5.74, 6) is 0. The van der Waals surface area contributed by atoms with Gasteiger partial charge in [0.1, 0.15) is 0 Å². The third kappa shape index (κ3) is 3.02. The van der Waals surface area contributed by atoms with Gasteiger partial charge in [-0.3, -0.25) is 0 Å². The Balaban J connectivity index is 1.62. The predicted octanol–water partition coefficient (Wildman–Crippen LogP) is 3.77. The number of benzene rings is 2. The van der Waals surface area contributed by atoms with Crippen LogP contribution >= 0.6 is 0 Å². The minimum atomic E-state index is 0.493. The first-order chi connectivity index (χ1) is 9.81. The van der Waals surface area contributed by atoms with Gasteiger partial charge in [-0.25, -0.2) is 0 Å². The van der Waals surface area contributed by atoms with Gasteiger partial charge < -0.3 is 10.6 Å². The van der Waals surface area contributed by atoms with Crippen LogP contribution in [0.15, 0.2) is 54.6 Å². The molecule has 2 heteroatoms. The second-order valence-corrected chi connectivity index (χ2v) is 5.83. The summed E-state index contributed by atoms with van der Waals surface area (Å²) < 4.78 is 0. The van der Waals surface area contributed by atoms with Crippen molar-refractivity contribution in [2.24, 2.45) is 5.41 Å². The highest BCUT2D eigenvalue weighted by Crippen LogP contribution is 2.44. The van der Waals surface area contributed by atoms with E-state index in [9.17, 15) is 0 Å². The molecule has 0 radical (unpaired) electrons. The van der Waals surface area contributed by atoms with Crippen LogP contribution in [0, 0.1) is 5.41 Å². The fourth-order valence-electron chi connectivity index (χ4n) is 2.67. The summed E-state index contributed by atoms with van der Waals surface area (Å²) in [5.41, 5.74) is 4.25. The molecule has 1 aliphatic carbocycles. The fraction of sp³-hybridized carbons (Fsp3) is 0.333. The molecule has 2 aromatic rings. The van der Waals surface area contributed by atoms with E-state index in [1.165, 1.54) is 29.7 Å². The Morgan fingerprint density at radius 2 is 1.50 bits per heavy atom. The van der Waals surface area contributed by atoms with Gasteiger partial charge in [0.05, 0.1) is 0 Å². The van der Waals surface area contributed by atoms with Gasteiger partial charge in [-0.2, -0.15) is 0 Å². The number of nitrogens with one attached hydrogen (secondary N) is 2. The first-order valence-corrected chi connectivity index (χ1v) is 7.35. The summed E-state index contributed by atoms with van der Waals surface area (Å²) in [5, 5.41) is 6.87. The van der Waals surface area contributed by atoms with E-state index in [2.05, 4.69) is 65.2 Å². The molecular weight excluding hydrogens is 244 g/mol. The quantitative estimate of drug-likeness (QED) is 0.831. The third-order valence-electron chi connectivity index (χ3n) is 4.17. The molecule has 0 heterocycles. The molecule has 0 saturated heterocycles. The Labute approximate surface area is 121 Å². The predicted molar refractivity (Wildman–Crippen MR) is 86.0 cm³/mol. The van der Waals surface area contributed by atoms with Crippen LogP contribution in [0.2, 0.25) is 0 Å². The van der Waals surface area contributed by atoms with Crippen LogP contribution < -0.4 is 10.6 Å². The standard InChI is InChI=1S/C18H22N2/c1-19-13-18(11-12-18)14-20-17-9-7-16(8-10-17)15-5-3-2-4-6-15/h2-10,19-20H,11-14H2,1H3. The maximum Gasteiger partial charge on any atom is 0.0340 e. The van der Waals surface area contributed by atoms with E-state index < -0.39 is 0 Å². The molecule has 0 spiro atoms. The molecule has 2 nitrogen and oxygen atoms in total. The molecule has 2 N–H and O–H groups in total. The van der Waals surface area contributed by atoms with Gasteiger partial charge in [-0.05, 0) is 43.1 Å². The summed E-state index contributed by atoms with van der Waals surface area (Å²) in [6, 6.07) is 19.2. The summed E-state index contributed by atoms with van der Waals surface area (Å²) in [6.45, 7) is 2.18. The molecule has 0 amide bonds. The van der Waals surface area contributed by atoms with Gasteiger partial charge in [0, 0.05) is 24.2 Å². The van der Waals surface area contributed by atoms with Gasteiger partial charge >= 0.3 is 0 Å². The Kier molecular flexibility index (Phi) is 3.75. The minimum absolute atomic E-state index is 0.493. The lowest BCUT2D eigenvalue weighted by molar-refractivity contribution is 0.507. The van der Waals surface area contributed by atoms with Gasteiger partial charge in [-0.15, -0.1) is 0 Å². The topological polar surface area (TPSA) is 24.1 Å². The zero-order valence-corrected chi connectivity index (χ0v) is 12.0. The Hall–Kier alpha value is -1.80. The van der Waals surface area contributed by atoms with Crippen molar-refractivity contribution >= 4 is 5.69 Å². The molecule has 0 atom stereocenters. The second-order valence-electron chi connectivity index (χ2n) is 5.83. The van der Waals surface area contributed by atoms with Crippen molar-refractivity contribution in [1.82, 2.24) is 5.32 Å². The summed E-state index contributed by atoms with van der Waals surface area (Å²) in [7, 11) is 2.04. The molecule has 1 aliphatic rings. The highest BCUT2D eigenvalue weighted by Gasteiger charge is 2.41. The SMILES string of the molecule is CNCC1(CNc2ccc(-c3ccccc3)cc2)CC1. The lowest BCUT2D eigenvalue weighted by Crippen LogP contribution is -2.26. The minimum Gasteiger partial charge on any atom is -0.384 e. The van der Waals surface area contributed by atoms with Crippen LogP contribution in [0.5, 0.6) is 0 Å². The van der Waals surface area contributed by atoms with E-state index in [-0.39, 0.29) is 0 Å². The zero-order valence-electron chi connectivity index (χ0n) is 12.0. The van der Waals surface area contributed by atoms with Crippen molar-refractivity contribution in [1.29, 1.82) is 0 Å². The highest BCUT2D eigenvalue weighted by molar-refractivity contribution is 5.65. The molecule has 1 saturated carbocycles. The van der Waals surface area contributed by atoms with Crippen molar-refractivity contribution in [3.8, 4) is 11.1 Å². The molecule has 1 fully saturated rings. The molecule has 20 heavy (non-hydrogen) atoms. The molecule has 2 aromatic carbocycles. The van der Waals surface area contributed by atoms with Gasteiger partial charge in [-0.1, -0.05) is 42.5 Å². The molecule has 0 unspecified atom stereocenters. The van der Waals surface area contributed by atoms with Crippen molar-refractivity contribution in [2.75, 3.05) is 25.5 Å². The van der Waals surface area contributed by atoms with E-state index in [1.54, 1.807) is 0 Å². The third-order valence-corrected chi connectivity index (χ3v) is 4.17. The van der Waals surface area contributed by atoms with Gasteiger partial charge in [0.2, 0.25) is 0 Å². The monoisotopic (exact) mass is 266 g/mol. The van der Waals surface area contributed by atoms with E-state index in [0.717, 1.165) is 13.1 Å². The van der Waals surface area contributed by atoms with Crippen molar-refractivity contribution in [2.45, 2.75) is 12.8 Å². The van der Waals surface area contributed by atoms with Crippen LogP contribution in [0.1, 0.15) is 12.8 Å². The number of anilines is 1. The Morgan fingerprint density at radius 1 is 0.850 bits per heavy atom. The molecule has 3 rings (SSSR count). The maximum atomic E-state index is 3.57. The normalized spacial score (nSPS) is 15.8. The van der Waals surface area contributed by atoms with E-state index in [0.29, 0.717) is 5.41 Å². The van der Waals surface area contributed by atoms with Crippen LogP contribution in [0.4, 0.5) is 5.69 Å². The number of hydrogen-bond donors (Lipinski definition) is 2. The number of hydrogen-bond acceptors (Lipinski definition) is 2. The molecule has 104 valence electrons. The second kappa shape index (κ2) is 5.68. The zero-order chi connectivity index (χ0) is 13.8. The van der Waals surface area contributed by atoms with E-state index in [4.69, 9.17) is 0 Å². The average molecular weight is 266 g/mol. The first kappa shape index (κ1) is 13.2. The van der Waals surface area contributed by atoms with Crippen LogP contribution in [-0.2, 0) is 0 Å². The molecule has 0 aliphatic heterocycles. The first-order valence-electron chi connectivity index (χ1n) is 7.35. The smallest absolute Gasteiger partial charge is 0.0340 e. The van der Waals surface area contributed by atoms with Crippen LogP contribution in [-0.4, -0.2) is 20.1 Å². The van der Waals surface area contributed by atoms with Gasteiger partial charge in [0.25, 0.3) is 0 Å². The lowest BCUT2D eigenvalue weighted by Gasteiger charge is -2.16. The Bertz CT molecular complexity index is 541. The van der Waals surface area contributed by atoms with E-state index in [1.807, 2.05) is 7.05 Å². The average Bonchev–Trinajstić information content (AvgIpc) is 3.27. The molecule has 0 aromatic heterocycles. The largest absolute Gasteiger partial charge is 0.384 e. The highest BCUT2D eigenvalue weighted by atomic mass is 14.9. The summed E-state index contributed by atoms with van der Waals surface area (Å²) in [4.78, 5) is 0. The maximum absolute atomic E-state index is 3.57. The summed E-state index contributed by atoms with van der Waals surface area (Å²) in [6.07, 6.45) is 2.67. The number of rotatable bonds is 6. The van der Waals surface area contributed by atoms with Crippen LogP contribution in [0.3, 0.4) is 0 Å².